The first kappa shape index (κ1) is 19.9. The monoisotopic (exact) mass is 403 g/mol. The van der Waals surface area contributed by atoms with Crippen molar-refractivity contribution < 1.29 is 14.0 Å². The maximum atomic E-state index is 13.0. The third-order valence-electron chi connectivity index (χ3n) is 5.36. The zero-order valence-corrected chi connectivity index (χ0v) is 16.7. The number of urea groups is 1. The number of rotatable bonds is 6. The summed E-state index contributed by atoms with van der Waals surface area (Å²) in [5, 5.41) is 3.18. The van der Waals surface area contributed by atoms with Crippen molar-refractivity contribution in [2.75, 3.05) is 32.7 Å². The molecular weight excluding hydrogens is 378 g/mol. The molecule has 0 aliphatic carbocycles. The molecule has 0 atom stereocenters. The summed E-state index contributed by atoms with van der Waals surface area (Å²) < 4.78 is 5.17. The lowest BCUT2D eigenvalue weighted by atomic mass is 9.99. The predicted octanol–water partition coefficient (Wildman–Crippen LogP) is 3.58. The fourth-order valence-corrected chi connectivity index (χ4v) is 3.69. The molecule has 4 rings (SSSR count). The Labute approximate surface area is 176 Å². The Morgan fingerprint density at radius 1 is 0.833 bits per heavy atom. The highest BCUT2D eigenvalue weighted by Crippen LogP contribution is 2.22. The highest BCUT2D eigenvalue weighted by Gasteiger charge is 2.25. The van der Waals surface area contributed by atoms with Crippen LogP contribution in [-0.2, 0) is 0 Å². The summed E-state index contributed by atoms with van der Waals surface area (Å²) in [7, 11) is 0. The van der Waals surface area contributed by atoms with Crippen LogP contribution in [0.5, 0.6) is 0 Å². The molecule has 0 radical (unpaired) electrons. The molecule has 0 bridgehead atoms. The van der Waals surface area contributed by atoms with E-state index in [2.05, 4.69) is 10.2 Å². The molecule has 1 saturated heterocycles. The SMILES string of the molecule is O=C(CN1CCN(C(=O)NC(c2ccccc2)c2ccccc2)CC1)c1ccco1. The van der Waals surface area contributed by atoms with Crippen LogP contribution < -0.4 is 5.32 Å². The van der Waals surface area contributed by atoms with Crippen LogP contribution in [0.15, 0.2) is 83.5 Å². The molecule has 0 spiro atoms. The van der Waals surface area contributed by atoms with Gasteiger partial charge in [-0.2, -0.15) is 0 Å². The molecule has 1 aromatic heterocycles. The zero-order valence-electron chi connectivity index (χ0n) is 16.7. The van der Waals surface area contributed by atoms with Crippen molar-refractivity contribution in [1.29, 1.82) is 0 Å². The largest absolute Gasteiger partial charge is 0.461 e. The van der Waals surface area contributed by atoms with Gasteiger partial charge in [-0.15, -0.1) is 0 Å². The molecule has 154 valence electrons. The van der Waals surface area contributed by atoms with Crippen LogP contribution in [0.25, 0.3) is 0 Å². The first-order valence-electron chi connectivity index (χ1n) is 10.1. The fraction of sp³-hybridized carbons (Fsp3) is 0.250. The third kappa shape index (κ3) is 4.78. The van der Waals surface area contributed by atoms with E-state index in [1.807, 2.05) is 65.6 Å². The number of nitrogens with one attached hydrogen (secondary N) is 1. The van der Waals surface area contributed by atoms with E-state index < -0.39 is 0 Å². The summed E-state index contributed by atoms with van der Waals surface area (Å²) >= 11 is 0. The van der Waals surface area contributed by atoms with Crippen LogP contribution in [-0.4, -0.2) is 54.3 Å². The minimum Gasteiger partial charge on any atom is -0.461 e. The van der Waals surface area contributed by atoms with Gasteiger partial charge in [0.2, 0.25) is 5.78 Å². The smallest absolute Gasteiger partial charge is 0.318 e. The van der Waals surface area contributed by atoms with Gasteiger partial charge in [0, 0.05) is 26.2 Å². The van der Waals surface area contributed by atoms with Gasteiger partial charge in [-0.3, -0.25) is 9.69 Å². The number of piperazine rings is 1. The van der Waals surface area contributed by atoms with Crippen molar-refractivity contribution in [3.63, 3.8) is 0 Å². The Hall–Kier alpha value is -3.38. The molecule has 1 aliphatic heterocycles. The number of hydrogen-bond acceptors (Lipinski definition) is 4. The Bertz CT molecular complexity index is 910. The van der Waals surface area contributed by atoms with E-state index in [0.717, 1.165) is 11.1 Å². The molecule has 1 aliphatic rings. The molecule has 1 N–H and O–H groups in total. The van der Waals surface area contributed by atoms with E-state index in [0.29, 0.717) is 38.5 Å². The average Bonchev–Trinajstić information content (AvgIpc) is 3.34. The lowest BCUT2D eigenvalue weighted by Crippen LogP contribution is -2.53. The van der Waals surface area contributed by atoms with Crippen LogP contribution in [0.2, 0.25) is 0 Å². The van der Waals surface area contributed by atoms with Gasteiger partial charge in [-0.05, 0) is 23.3 Å². The molecular formula is C24H25N3O3. The van der Waals surface area contributed by atoms with Crippen LogP contribution in [0.1, 0.15) is 27.7 Å². The van der Waals surface area contributed by atoms with Crippen molar-refractivity contribution in [1.82, 2.24) is 15.1 Å². The van der Waals surface area contributed by atoms with Gasteiger partial charge in [0.05, 0.1) is 18.8 Å². The van der Waals surface area contributed by atoms with Crippen molar-refractivity contribution in [3.05, 3.63) is 95.9 Å². The maximum Gasteiger partial charge on any atom is 0.318 e. The van der Waals surface area contributed by atoms with E-state index in [1.165, 1.54) is 6.26 Å². The second-order valence-electron chi connectivity index (χ2n) is 7.37. The van der Waals surface area contributed by atoms with Crippen molar-refractivity contribution in [2.24, 2.45) is 0 Å². The summed E-state index contributed by atoms with van der Waals surface area (Å²) in [6.45, 7) is 2.77. The molecule has 30 heavy (non-hydrogen) atoms. The van der Waals surface area contributed by atoms with Gasteiger partial charge in [-0.25, -0.2) is 4.79 Å². The minimum atomic E-state index is -0.210. The normalized spacial score (nSPS) is 14.6. The molecule has 0 unspecified atom stereocenters. The van der Waals surface area contributed by atoms with Gasteiger partial charge in [0.15, 0.2) is 5.76 Å². The number of carbonyl (C=O) groups is 2. The average molecular weight is 403 g/mol. The summed E-state index contributed by atoms with van der Waals surface area (Å²) in [6, 6.07) is 23.0. The van der Waals surface area contributed by atoms with E-state index in [1.54, 1.807) is 12.1 Å². The lowest BCUT2D eigenvalue weighted by Gasteiger charge is -2.35. The highest BCUT2D eigenvalue weighted by molar-refractivity contribution is 5.95. The molecule has 6 nitrogen and oxygen atoms in total. The summed E-state index contributed by atoms with van der Waals surface area (Å²) in [6.07, 6.45) is 1.51. The number of amides is 2. The number of nitrogens with zero attached hydrogens (tertiary/aromatic N) is 2. The van der Waals surface area contributed by atoms with Gasteiger partial charge in [-0.1, -0.05) is 60.7 Å². The number of hydrogen-bond donors (Lipinski definition) is 1. The van der Waals surface area contributed by atoms with Crippen LogP contribution >= 0.6 is 0 Å². The quantitative estimate of drug-likeness (QED) is 0.639. The Morgan fingerprint density at radius 2 is 1.43 bits per heavy atom. The molecule has 0 saturated carbocycles. The first-order chi connectivity index (χ1) is 14.7. The summed E-state index contributed by atoms with van der Waals surface area (Å²) in [5.74, 6) is 0.342. The van der Waals surface area contributed by atoms with Gasteiger partial charge < -0.3 is 14.6 Å². The van der Waals surface area contributed by atoms with Gasteiger partial charge >= 0.3 is 6.03 Å². The van der Waals surface area contributed by atoms with E-state index in [-0.39, 0.29) is 17.9 Å². The van der Waals surface area contributed by atoms with Gasteiger partial charge in [0.1, 0.15) is 0 Å². The number of furan rings is 1. The Morgan fingerprint density at radius 3 is 1.97 bits per heavy atom. The zero-order chi connectivity index (χ0) is 20.8. The molecule has 2 aromatic carbocycles. The van der Waals surface area contributed by atoms with Crippen LogP contribution in [0.3, 0.4) is 0 Å². The second-order valence-corrected chi connectivity index (χ2v) is 7.37. The highest BCUT2D eigenvalue weighted by atomic mass is 16.3. The van der Waals surface area contributed by atoms with Gasteiger partial charge in [0.25, 0.3) is 0 Å². The van der Waals surface area contributed by atoms with Crippen LogP contribution in [0.4, 0.5) is 4.79 Å². The third-order valence-corrected chi connectivity index (χ3v) is 5.36. The van der Waals surface area contributed by atoms with Crippen molar-refractivity contribution >= 4 is 11.8 Å². The number of ketones is 1. The summed E-state index contributed by atoms with van der Waals surface area (Å²) in [4.78, 5) is 29.1. The Kier molecular flexibility index (Phi) is 6.25. The molecule has 6 heteroatoms. The lowest BCUT2D eigenvalue weighted by molar-refractivity contribution is 0.0851. The molecule has 3 aromatic rings. The van der Waals surface area contributed by atoms with E-state index in [9.17, 15) is 9.59 Å². The first-order valence-corrected chi connectivity index (χ1v) is 10.1. The summed E-state index contributed by atoms with van der Waals surface area (Å²) in [5.41, 5.74) is 2.08. The molecule has 2 amide bonds. The minimum absolute atomic E-state index is 0.0360. The number of benzene rings is 2. The molecule has 1 fully saturated rings. The number of Topliss-reactive ketones (excluding diaryl/α,β-unsaturated/α-hetero) is 1. The van der Waals surface area contributed by atoms with E-state index >= 15 is 0 Å². The topological polar surface area (TPSA) is 65.8 Å². The Balaban J connectivity index is 1.36. The van der Waals surface area contributed by atoms with Crippen molar-refractivity contribution in [3.8, 4) is 0 Å². The number of carbonyl (C=O) groups excluding carboxylic acids is 2. The predicted molar refractivity (Wildman–Crippen MR) is 114 cm³/mol. The second kappa shape index (κ2) is 9.41. The van der Waals surface area contributed by atoms with Crippen molar-refractivity contribution in [2.45, 2.75) is 6.04 Å². The fourth-order valence-electron chi connectivity index (χ4n) is 3.69. The van der Waals surface area contributed by atoms with E-state index in [4.69, 9.17) is 4.42 Å². The maximum absolute atomic E-state index is 13.0. The standard InChI is InChI=1S/C24H25N3O3/c28-21(22-12-7-17-30-22)18-26-13-15-27(16-14-26)24(29)25-23(19-8-3-1-4-9-19)20-10-5-2-6-11-20/h1-12,17,23H,13-16,18H2,(H,25,29). The van der Waals surface area contributed by atoms with Crippen LogP contribution in [0, 0.1) is 0 Å². The molecule has 2 heterocycles.